The second kappa shape index (κ2) is 5.49. The molecule has 1 heterocycles. The van der Waals surface area contributed by atoms with Crippen molar-refractivity contribution in [2.24, 2.45) is 5.73 Å². The number of aryl methyl sites for hydroxylation is 1. The van der Waals surface area contributed by atoms with Crippen LogP contribution in [0.15, 0.2) is 36.7 Å². The fraction of sp³-hybridized carbons (Fsp3) is 0.0667. The number of allylic oxidation sites excluding steroid dienone is 1. The molecule has 20 heavy (non-hydrogen) atoms. The molecule has 0 aliphatic rings. The van der Waals surface area contributed by atoms with Crippen molar-refractivity contribution in [2.45, 2.75) is 6.92 Å². The van der Waals surface area contributed by atoms with Crippen LogP contribution in [0.1, 0.15) is 16.7 Å². The first-order valence-electron chi connectivity index (χ1n) is 5.81. The second-order valence-electron chi connectivity index (χ2n) is 4.19. The van der Waals surface area contributed by atoms with Gasteiger partial charge in [0, 0.05) is 12.4 Å². The monoisotopic (exact) mass is 271 g/mol. The summed E-state index contributed by atoms with van der Waals surface area (Å²) in [6.45, 7) is 1.50. The smallest absolute Gasteiger partial charge is 0.138 e. The molecule has 0 spiro atoms. The first-order valence-corrected chi connectivity index (χ1v) is 5.81. The van der Waals surface area contributed by atoms with E-state index in [0.717, 1.165) is 6.07 Å². The average Bonchev–Trinajstić information content (AvgIpc) is 2.45. The lowest BCUT2D eigenvalue weighted by molar-refractivity contribution is 0.571. The van der Waals surface area contributed by atoms with E-state index in [2.05, 4.69) is 4.98 Å². The van der Waals surface area contributed by atoms with Crippen molar-refractivity contribution in [3.05, 3.63) is 65.0 Å². The average molecular weight is 271 g/mol. The van der Waals surface area contributed by atoms with E-state index in [1.807, 2.05) is 6.07 Å². The molecule has 0 fully saturated rings. The molecule has 0 amide bonds. The molecule has 0 radical (unpaired) electrons. The molecule has 1 aromatic heterocycles. The van der Waals surface area contributed by atoms with Gasteiger partial charge < -0.3 is 5.73 Å². The van der Waals surface area contributed by atoms with E-state index >= 15 is 0 Å². The zero-order valence-corrected chi connectivity index (χ0v) is 10.7. The summed E-state index contributed by atoms with van der Waals surface area (Å²) in [6.07, 6.45) is 2.95. The largest absolute Gasteiger partial charge is 0.397 e. The van der Waals surface area contributed by atoms with Crippen molar-refractivity contribution < 1.29 is 8.78 Å². The number of halogens is 2. The van der Waals surface area contributed by atoms with Crippen molar-refractivity contribution in [3.63, 3.8) is 0 Å². The number of nitrogens with zero attached hydrogens (tertiary/aromatic N) is 2. The minimum Gasteiger partial charge on any atom is -0.397 e. The molecule has 2 N–H and O–H groups in total. The van der Waals surface area contributed by atoms with Gasteiger partial charge in [0.2, 0.25) is 0 Å². The summed E-state index contributed by atoms with van der Waals surface area (Å²) in [6, 6.07) is 7.44. The van der Waals surface area contributed by atoms with Crippen LogP contribution in [0.4, 0.5) is 8.78 Å². The van der Waals surface area contributed by atoms with E-state index in [9.17, 15) is 14.0 Å². The number of hydrogen-bond donors (Lipinski definition) is 1. The Bertz CT molecular complexity index is 716. The molecule has 0 saturated carbocycles. The summed E-state index contributed by atoms with van der Waals surface area (Å²) in [5.41, 5.74) is 5.94. The number of pyridine rings is 1. The van der Waals surface area contributed by atoms with Crippen LogP contribution in [0.3, 0.4) is 0 Å². The molecule has 3 nitrogen and oxygen atoms in total. The van der Waals surface area contributed by atoms with Crippen molar-refractivity contribution in [1.29, 1.82) is 5.26 Å². The quantitative estimate of drug-likeness (QED) is 0.854. The highest BCUT2D eigenvalue weighted by molar-refractivity contribution is 5.96. The predicted octanol–water partition coefficient (Wildman–Crippen LogP) is 3.02. The maximum atomic E-state index is 14.0. The SMILES string of the molecule is Cc1ccc(F)c(/C(N)=C(/C#N)c2ccncc2)c1F. The third-order valence-electron chi connectivity index (χ3n) is 2.90. The topological polar surface area (TPSA) is 62.7 Å². The molecule has 0 saturated heterocycles. The van der Waals surface area contributed by atoms with E-state index < -0.39 is 11.6 Å². The van der Waals surface area contributed by atoms with Gasteiger partial charge in [0.25, 0.3) is 0 Å². The number of nitriles is 1. The van der Waals surface area contributed by atoms with E-state index in [1.54, 1.807) is 12.1 Å². The van der Waals surface area contributed by atoms with Gasteiger partial charge in [-0.2, -0.15) is 5.26 Å². The maximum Gasteiger partial charge on any atom is 0.138 e. The van der Waals surface area contributed by atoms with E-state index in [4.69, 9.17) is 5.73 Å². The molecule has 1 aromatic carbocycles. The molecule has 2 aromatic rings. The Morgan fingerprint density at radius 1 is 1.20 bits per heavy atom. The summed E-state index contributed by atoms with van der Waals surface area (Å²) in [5, 5.41) is 9.21. The summed E-state index contributed by atoms with van der Waals surface area (Å²) >= 11 is 0. The van der Waals surface area contributed by atoms with Crippen LogP contribution in [0, 0.1) is 29.9 Å². The predicted molar refractivity (Wildman–Crippen MR) is 71.9 cm³/mol. The molecule has 0 bridgehead atoms. The third kappa shape index (κ3) is 2.36. The van der Waals surface area contributed by atoms with E-state index in [1.165, 1.54) is 25.4 Å². The standard InChI is InChI=1S/C15H11F2N3/c1-9-2-3-12(16)13(14(9)17)15(19)11(8-18)10-4-6-20-7-5-10/h2-7H,19H2,1H3/b15-11+. The van der Waals surface area contributed by atoms with E-state index in [0.29, 0.717) is 5.56 Å². The Morgan fingerprint density at radius 2 is 1.85 bits per heavy atom. The Balaban J connectivity index is 2.71. The third-order valence-corrected chi connectivity index (χ3v) is 2.90. The molecular formula is C15H11F2N3. The Labute approximate surface area is 115 Å². The zero-order valence-electron chi connectivity index (χ0n) is 10.7. The Hall–Kier alpha value is -2.74. The lowest BCUT2D eigenvalue weighted by atomic mass is 9.99. The second-order valence-corrected chi connectivity index (χ2v) is 4.19. The number of hydrogen-bond acceptors (Lipinski definition) is 3. The van der Waals surface area contributed by atoms with Crippen LogP contribution in [0.5, 0.6) is 0 Å². The minimum atomic E-state index is -0.799. The summed E-state index contributed by atoms with van der Waals surface area (Å²) in [7, 11) is 0. The van der Waals surface area contributed by atoms with Crippen LogP contribution < -0.4 is 5.73 Å². The van der Waals surface area contributed by atoms with Gasteiger partial charge in [-0.3, -0.25) is 4.98 Å². The number of benzene rings is 1. The van der Waals surface area contributed by atoms with Crippen molar-refractivity contribution in [2.75, 3.05) is 0 Å². The molecule has 0 aliphatic heterocycles. The maximum absolute atomic E-state index is 14.0. The zero-order chi connectivity index (χ0) is 14.7. The van der Waals surface area contributed by atoms with Crippen LogP contribution in [0.2, 0.25) is 0 Å². The summed E-state index contributed by atoms with van der Waals surface area (Å²) in [5.74, 6) is -1.56. The molecule has 5 heteroatoms. The van der Waals surface area contributed by atoms with Gasteiger partial charge in [-0.25, -0.2) is 8.78 Å². The lowest BCUT2D eigenvalue weighted by Gasteiger charge is -2.10. The molecule has 0 aliphatic carbocycles. The number of aromatic nitrogens is 1. The van der Waals surface area contributed by atoms with Gasteiger partial charge in [-0.15, -0.1) is 0 Å². The number of rotatable bonds is 2. The lowest BCUT2D eigenvalue weighted by Crippen LogP contribution is -2.07. The van der Waals surface area contributed by atoms with Crippen molar-refractivity contribution in [1.82, 2.24) is 4.98 Å². The first kappa shape index (κ1) is 13.7. The minimum absolute atomic E-state index is 0.0100. The van der Waals surface area contributed by atoms with Gasteiger partial charge in [-0.1, -0.05) is 6.07 Å². The summed E-state index contributed by atoms with van der Waals surface area (Å²) in [4.78, 5) is 3.82. The molecular weight excluding hydrogens is 260 g/mol. The van der Waals surface area contributed by atoms with Gasteiger partial charge in [-0.05, 0) is 36.2 Å². The van der Waals surface area contributed by atoms with E-state index in [-0.39, 0.29) is 22.4 Å². The highest BCUT2D eigenvalue weighted by Gasteiger charge is 2.18. The Morgan fingerprint density at radius 3 is 2.45 bits per heavy atom. The highest BCUT2D eigenvalue weighted by atomic mass is 19.1. The van der Waals surface area contributed by atoms with Gasteiger partial charge >= 0.3 is 0 Å². The van der Waals surface area contributed by atoms with Gasteiger partial charge in [0.15, 0.2) is 0 Å². The normalized spacial score (nSPS) is 11.7. The Kier molecular flexibility index (Phi) is 3.76. The fourth-order valence-corrected chi connectivity index (χ4v) is 1.83. The van der Waals surface area contributed by atoms with Gasteiger partial charge in [0.05, 0.1) is 16.8 Å². The van der Waals surface area contributed by atoms with Crippen LogP contribution in [-0.4, -0.2) is 4.98 Å². The first-order chi connectivity index (χ1) is 9.56. The molecule has 100 valence electrons. The van der Waals surface area contributed by atoms with Crippen LogP contribution in [0.25, 0.3) is 11.3 Å². The molecule has 2 rings (SSSR count). The van der Waals surface area contributed by atoms with Crippen molar-refractivity contribution in [3.8, 4) is 6.07 Å². The number of nitrogens with two attached hydrogens (primary N) is 1. The fourth-order valence-electron chi connectivity index (χ4n) is 1.83. The molecule has 0 unspecified atom stereocenters. The highest BCUT2D eigenvalue weighted by Crippen LogP contribution is 2.27. The van der Waals surface area contributed by atoms with Gasteiger partial charge in [0.1, 0.15) is 17.7 Å². The van der Waals surface area contributed by atoms with Crippen LogP contribution in [-0.2, 0) is 0 Å². The van der Waals surface area contributed by atoms with Crippen LogP contribution >= 0.6 is 0 Å². The molecule has 0 atom stereocenters. The summed E-state index contributed by atoms with van der Waals surface area (Å²) < 4.78 is 27.9. The van der Waals surface area contributed by atoms with Crippen molar-refractivity contribution >= 4 is 11.3 Å².